The standard InChI is InChI=1S/C18H19Cl2N3O3/c19-12-3-5-16(15(20)8-12)26-11-18(24)23-17-6-4-13(9-22-17)21-10-14-2-1-7-25-14/h3-6,8-9,14,21H,1-2,7,10-11H2,(H,22,23,24). The van der Waals surface area contributed by atoms with Crippen LogP contribution >= 0.6 is 23.2 Å². The Bertz CT molecular complexity index is 750. The third-order valence-electron chi connectivity index (χ3n) is 3.84. The van der Waals surface area contributed by atoms with Crippen LogP contribution in [0.4, 0.5) is 11.5 Å². The average molecular weight is 396 g/mol. The molecule has 1 fully saturated rings. The molecule has 6 nitrogen and oxygen atoms in total. The van der Waals surface area contributed by atoms with Gasteiger partial charge in [0.1, 0.15) is 11.6 Å². The average Bonchev–Trinajstić information content (AvgIpc) is 3.14. The van der Waals surface area contributed by atoms with Crippen molar-refractivity contribution in [3.63, 3.8) is 0 Å². The SMILES string of the molecule is O=C(COc1ccc(Cl)cc1Cl)Nc1ccc(NCC2CCCO2)cn1. The van der Waals surface area contributed by atoms with E-state index in [1.54, 1.807) is 30.5 Å². The molecule has 1 amide bonds. The number of rotatable bonds is 7. The van der Waals surface area contributed by atoms with Crippen molar-refractivity contribution >= 4 is 40.6 Å². The Balaban J connectivity index is 1.44. The van der Waals surface area contributed by atoms with E-state index in [2.05, 4.69) is 15.6 Å². The number of carbonyl (C=O) groups is 1. The summed E-state index contributed by atoms with van der Waals surface area (Å²) < 4.78 is 10.9. The lowest BCUT2D eigenvalue weighted by Crippen LogP contribution is -2.21. The highest BCUT2D eigenvalue weighted by molar-refractivity contribution is 6.35. The van der Waals surface area contributed by atoms with Gasteiger partial charge in [0.05, 0.1) is 23.0 Å². The van der Waals surface area contributed by atoms with Crippen molar-refractivity contribution in [3.8, 4) is 5.75 Å². The smallest absolute Gasteiger partial charge is 0.263 e. The first-order valence-corrected chi connectivity index (χ1v) is 9.05. The molecule has 2 aromatic rings. The summed E-state index contributed by atoms with van der Waals surface area (Å²) in [4.78, 5) is 16.2. The topological polar surface area (TPSA) is 72.5 Å². The lowest BCUT2D eigenvalue weighted by molar-refractivity contribution is -0.118. The number of benzene rings is 1. The van der Waals surface area contributed by atoms with Crippen molar-refractivity contribution in [3.05, 3.63) is 46.6 Å². The minimum absolute atomic E-state index is 0.179. The molecule has 0 aliphatic carbocycles. The molecule has 138 valence electrons. The molecule has 1 atom stereocenters. The van der Waals surface area contributed by atoms with Crippen molar-refractivity contribution in [2.45, 2.75) is 18.9 Å². The number of hydrogen-bond acceptors (Lipinski definition) is 5. The van der Waals surface area contributed by atoms with E-state index in [9.17, 15) is 4.79 Å². The molecule has 1 aromatic carbocycles. The maximum absolute atomic E-state index is 12.0. The van der Waals surface area contributed by atoms with Gasteiger partial charge in [-0.15, -0.1) is 0 Å². The predicted octanol–water partition coefficient (Wildman–Crippen LogP) is 4.00. The van der Waals surface area contributed by atoms with E-state index in [1.165, 1.54) is 0 Å². The maximum Gasteiger partial charge on any atom is 0.263 e. The Kier molecular flexibility index (Phi) is 6.55. The van der Waals surface area contributed by atoms with Crippen molar-refractivity contribution in [2.24, 2.45) is 0 Å². The zero-order valence-corrected chi connectivity index (χ0v) is 15.5. The summed E-state index contributed by atoms with van der Waals surface area (Å²) in [5.74, 6) is 0.514. The quantitative estimate of drug-likeness (QED) is 0.740. The second-order valence-corrected chi connectivity index (χ2v) is 6.70. The van der Waals surface area contributed by atoms with Gasteiger partial charge < -0.3 is 20.1 Å². The van der Waals surface area contributed by atoms with Crippen LogP contribution in [0.3, 0.4) is 0 Å². The molecule has 1 aliphatic heterocycles. The van der Waals surface area contributed by atoms with Crippen LogP contribution < -0.4 is 15.4 Å². The molecule has 1 aliphatic rings. The van der Waals surface area contributed by atoms with Crippen LogP contribution in [0.5, 0.6) is 5.75 Å². The number of hydrogen-bond donors (Lipinski definition) is 2. The van der Waals surface area contributed by atoms with E-state index in [0.717, 1.165) is 31.7 Å². The molecule has 0 radical (unpaired) electrons. The number of nitrogens with zero attached hydrogens (tertiary/aromatic N) is 1. The summed E-state index contributed by atoms with van der Waals surface area (Å²) >= 11 is 11.8. The van der Waals surface area contributed by atoms with Gasteiger partial charge in [-0.25, -0.2) is 4.98 Å². The monoisotopic (exact) mass is 395 g/mol. The van der Waals surface area contributed by atoms with E-state index in [4.69, 9.17) is 32.7 Å². The Hall–Kier alpha value is -2.02. The molecule has 8 heteroatoms. The first-order chi connectivity index (χ1) is 12.6. The predicted molar refractivity (Wildman–Crippen MR) is 102 cm³/mol. The Morgan fingerprint density at radius 1 is 1.31 bits per heavy atom. The molecule has 0 saturated carbocycles. The maximum atomic E-state index is 12.0. The highest BCUT2D eigenvalue weighted by Crippen LogP contribution is 2.27. The van der Waals surface area contributed by atoms with Gasteiger partial charge in [-0.3, -0.25) is 4.79 Å². The van der Waals surface area contributed by atoms with Gasteiger partial charge in [0.25, 0.3) is 5.91 Å². The van der Waals surface area contributed by atoms with Gasteiger partial charge in [0, 0.05) is 18.2 Å². The third kappa shape index (κ3) is 5.49. The molecule has 1 aromatic heterocycles. The summed E-state index contributed by atoms with van der Waals surface area (Å²) in [6.07, 6.45) is 4.11. The van der Waals surface area contributed by atoms with Gasteiger partial charge in [0.15, 0.2) is 6.61 Å². The number of amides is 1. The van der Waals surface area contributed by atoms with E-state index in [-0.39, 0.29) is 18.6 Å². The van der Waals surface area contributed by atoms with Crippen molar-refractivity contribution < 1.29 is 14.3 Å². The lowest BCUT2D eigenvalue weighted by Gasteiger charge is -2.12. The molecule has 2 N–H and O–H groups in total. The summed E-state index contributed by atoms with van der Waals surface area (Å²) in [6.45, 7) is 1.41. The van der Waals surface area contributed by atoms with E-state index < -0.39 is 0 Å². The van der Waals surface area contributed by atoms with Crippen LogP contribution in [0.25, 0.3) is 0 Å². The number of nitrogens with one attached hydrogen (secondary N) is 2. The summed E-state index contributed by atoms with van der Waals surface area (Å²) in [7, 11) is 0. The number of ether oxygens (including phenoxy) is 2. The number of halogens is 2. The fourth-order valence-electron chi connectivity index (χ4n) is 2.52. The molecule has 0 spiro atoms. The lowest BCUT2D eigenvalue weighted by atomic mass is 10.2. The first kappa shape index (κ1) is 18.8. The number of aromatic nitrogens is 1. The second-order valence-electron chi connectivity index (χ2n) is 5.86. The number of carbonyl (C=O) groups excluding carboxylic acids is 1. The second kappa shape index (κ2) is 9.07. The molecular weight excluding hydrogens is 377 g/mol. The normalized spacial score (nSPS) is 16.3. The van der Waals surface area contributed by atoms with Crippen molar-refractivity contribution in [1.82, 2.24) is 4.98 Å². The zero-order chi connectivity index (χ0) is 18.4. The minimum atomic E-state index is -0.330. The van der Waals surface area contributed by atoms with Gasteiger partial charge in [-0.05, 0) is 43.2 Å². The molecule has 0 bridgehead atoms. The fourth-order valence-corrected chi connectivity index (χ4v) is 2.99. The van der Waals surface area contributed by atoms with Gasteiger partial charge in [-0.1, -0.05) is 23.2 Å². The minimum Gasteiger partial charge on any atom is -0.482 e. The van der Waals surface area contributed by atoms with Gasteiger partial charge in [0.2, 0.25) is 0 Å². The Morgan fingerprint density at radius 3 is 2.88 bits per heavy atom. The van der Waals surface area contributed by atoms with Crippen molar-refractivity contribution in [2.75, 3.05) is 30.4 Å². The fraction of sp³-hybridized carbons (Fsp3) is 0.333. The molecule has 1 unspecified atom stereocenters. The van der Waals surface area contributed by atoms with E-state index >= 15 is 0 Å². The summed E-state index contributed by atoms with van der Waals surface area (Å²) in [6, 6.07) is 8.40. The van der Waals surface area contributed by atoms with Crippen LogP contribution in [-0.4, -0.2) is 36.8 Å². The zero-order valence-electron chi connectivity index (χ0n) is 14.0. The largest absolute Gasteiger partial charge is 0.482 e. The van der Waals surface area contributed by atoms with Crippen LogP contribution in [0.1, 0.15) is 12.8 Å². The van der Waals surface area contributed by atoms with E-state index in [1.807, 2.05) is 6.07 Å². The van der Waals surface area contributed by atoms with Crippen LogP contribution in [0, 0.1) is 0 Å². The first-order valence-electron chi connectivity index (χ1n) is 8.29. The van der Waals surface area contributed by atoms with Gasteiger partial charge in [-0.2, -0.15) is 0 Å². The Morgan fingerprint density at radius 2 is 2.19 bits per heavy atom. The van der Waals surface area contributed by atoms with Crippen LogP contribution in [-0.2, 0) is 9.53 Å². The van der Waals surface area contributed by atoms with Crippen LogP contribution in [0.2, 0.25) is 10.0 Å². The molecule has 1 saturated heterocycles. The number of anilines is 2. The molecule has 3 rings (SSSR count). The van der Waals surface area contributed by atoms with Crippen LogP contribution in [0.15, 0.2) is 36.5 Å². The molecule has 2 heterocycles. The summed E-state index contributed by atoms with van der Waals surface area (Å²) in [5.41, 5.74) is 0.877. The Labute approximate surface area is 161 Å². The van der Waals surface area contributed by atoms with Gasteiger partial charge >= 0.3 is 0 Å². The highest BCUT2D eigenvalue weighted by Gasteiger charge is 2.14. The third-order valence-corrected chi connectivity index (χ3v) is 4.37. The van der Waals surface area contributed by atoms with Crippen molar-refractivity contribution in [1.29, 1.82) is 0 Å². The summed E-state index contributed by atoms with van der Waals surface area (Å²) in [5, 5.41) is 6.80. The molecular formula is C18H19Cl2N3O3. The number of pyridine rings is 1. The van der Waals surface area contributed by atoms with E-state index in [0.29, 0.717) is 21.6 Å². The molecule has 26 heavy (non-hydrogen) atoms. The highest BCUT2D eigenvalue weighted by atomic mass is 35.5.